The largest absolute Gasteiger partial charge is 0.339 e. The van der Waals surface area contributed by atoms with Gasteiger partial charge < -0.3 is 10.3 Å². The Labute approximate surface area is 114 Å². The fourth-order valence-corrected chi connectivity index (χ4v) is 3.61. The quantitative estimate of drug-likeness (QED) is 0.863. The standard InChI is InChI=1S/C10H18N4O2S.ClH/c1-13-7-10(12-8-13)17(15,16)14-4-2-3-9(5-11)6-14;/h7-9H,2-6,11H2,1H3;1H. The lowest BCUT2D eigenvalue weighted by atomic mass is 10.0. The average Bonchev–Trinajstić information content (AvgIpc) is 2.76. The summed E-state index contributed by atoms with van der Waals surface area (Å²) in [6.07, 6.45) is 4.90. The molecule has 0 bridgehead atoms. The molecular formula is C10H19ClN4O2S. The Morgan fingerprint density at radius 1 is 1.56 bits per heavy atom. The van der Waals surface area contributed by atoms with E-state index in [0.29, 0.717) is 19.6 Å². The van der Waals surface area contributed by atoms with E-state index >= 15 is 0 Å². The minimum Gasteiger partial charge on any atom is -0.339 e. The van der Waals surface area contributed by atoms with Crippen LogP contribution < -0.4 is 5.73 Å². The van der Waals surface area contributed by atoms with E-state index in [2.05, 4.69) is 4.98 Å². The maximum absolute atomic E-state index is 12.3. The Morgan fingerprint density at radius 3 is 2.83 bits per heavy atom. The molecule has 0 spiro atoms. The number of aromatic nitrogens is 2. The number of hydrogen-bond acceptors (Lipinski definition) is 4. The molecule has 0 aliphatic carbocycles. The highest BCUT2D eigenvalue weighted by Crippen LogP contribution is 2.21. The summed E-state index contributed by atoms with van der Waals surface area (Å²) in [6.45, 7) is 1.61. The Morgan fingerprint density at radius 2 is 2.28 bits per heavy atom. The molecule has 2 N–H and O–H groups in total. The van der Waals surface area contributed by atoms with Gasteiger partial charge in [0.25, 0.3) is 10.0 Å². The fraction of sp³-hybridized carbons (Fsp3) is 0.700. The number of imidazole rings is 1. The first-order chi connectivity index (χ1) is 8.04. The molecule has 1 fully saturated rings. The summed E-state index contributed by atoms with van der Waals surface area (Å²) >= 11 is 0. The molecule has 1 aliphatic rings. The fourth-order valence-electron chi connectivity index (χ4n) is 2.09. The van der Waals surface area contributed by atoms with Gasteiger partial charge in [-0.05, 0) is 25.3 Å². The molecule has 1 saturated heterocycles. The van der Waals surface area contributed by atoms with Gasteiger partial charge in [-0.25, -0.2) is 13.4 Å². The van der Waals surface area contributed by atoms with E-state index in [1.54, 1.807) is 11.6 Å². The van der Waals surface area contributed by atoms with Crippen LogP contribution in [-0.2, 0) is 17.1 Å². The van der Waals surface area contributed by atoms with Crippen LogP contribution in [0.3, 0.4) is 0 Å². The SMILES string of the molecule is Cl.Cn1cnc(S(=O)(=O)N2CCCC(CN)C2)c1. The molecular weight excluding hydrogens is 276 g/mol. The highest BCUT2D eigenvalue weighted by atomic mass is 35.5. The predicted molar refractivity (Wildman–Crippen MR) is 71.0 cm³/mol. The molecule has 0 aromatic carbocycles. The summed E-state index contributed by atoms with van der Waals surface area (Å²) in [5.74, 6) is 0.266. The Bertz CT molecular complexity index is 488. The van der Waals surface area contributed by atoms with E-state index in [0.717, 1.165) is 12.8 Å². The molecule has 8 heteroatoms. The van der Waals surface area contributed by atoms with E-state index in [1.807, 2.05) is 0 Å². The molecule has 2 heterocycles. The summed E-state index contributed by atoms with van der Waals surface area (Å²) < 4.78 is 27.7. The van der Waals surface area contributed by atoms with Crippen LogP contribution in [0.1, 0.15) is 12.8 Å². The third-order valence-corrected chi connectivity index (χ3v) is 4.85. The zero-order valence-corrected chi connectivity index (χ0v) is 12.0. The predicted octanol–water partition coefficient (Wildman–Crippen LogP) is 0.201. The topological polar surface area (TPSA) is 81.2 Å². The van der Waals surface area contributed by atoms with E-state index in [9.17, 15) is 8.42 Å². The number of aryl methyl sites for hydroxylation is 1. The second-order valence-electron chi connectivity index (χ2n) is 4.48. The number of nitrogens with two attached hydrogens (primary N) is 1. The summed E-state index contributed by atoms with van der Waals surface area (Å²) in [7, 11) is -1.68. The molecule has 0 saturated carbocycles. The molecule has 1 atom stereocenters. The second-order valence-corrected chi connectivity index (χ2v) is 6.37. The van der Waals surface area contributed by atoms with E-state index in [-0.39, 0.29) is 23.4 Å². The van der Waals surface area contributed by atoms with Crippen molar-refractivity contribution in [3.8, 4) is 0 Å². The van der Waals surface area contributed by atoms with Gasteiger partial charge in [-0.15, -0.1) is 12.4 Å². The monoisotopic (exact) mass is 294 g/mol. The molecule has 1 aliphatic heterocycles. The highest BCUT2D eigenvalue weighted by molar-refractivity contribution is 7.89. The third-order valence-electron chi connectivity index (χ3n) is 3.10. The molecule has 1 aromatic heterocycles. The first-order valence-electron chi connectivity index (χ1n) is 5.72. The number of piperidine rings is 1. The van der Waals surface area contributed by atoms with Gasteiger partial charge in [0, 0.05) is 26.3 Å². The number of halogens is 1. The summed E-state index contributed by atoms with van der Waals surface area (Å²) in [4.78, 5) is 3.92. The third kappa shape index (κ3) is 3.03. The maximum Gasteiger partial charge on any atom is 0.262 e. The Hall–Kier alpha value is -0.630. The summed E-state index contributed by atoms with van der Waals surface area (Å²) in [5.41, 5.74) is 5.61. The minimum absolute atomic E-state index is 0. The zero-order chi connectivity index (χ0) is 12.5. The molecule has 6 nitrogen and oxygen atoms in total. The van der Waals surface area contributed by atoms with E-state index in [4.69, 9.17) is 5.73 Å². The summed E-state index contributed by atoms with van der Waals surface area (Å²) in [6, 6.07) is 0. The van der Waals surface area contributed by atoms with Gasteiger partial charge in [-0.3, -0.25) is 0 Å². The normalized spacial score (nSPS) is 21.6. The van der Waals surface area contributed by atoms with Gasteiger partial charge in [0.15, 0.2) is 5.03 Å². The van der Waals surface area contributed by atoms with Crippen molar-refractivity contribution in [3.63, 3.8) is 0 Å². The Kier molecular flexibility index (Phi) is 5.15. The molecule has 104 valence electrons. The average molecular weight is 295 g/mol. The van der Waals surface area contributed by atoms with Crippen molar-refractivity contribution in [2.24, 2.45) is 18.7 Å². The van der Waals surface area contributed by atoms with Gasteiger partial charge in [0.05, 0.1) is 6.33 Å². The van der Waals surface area contributed by atoms with Crippen LogP contribution in [0.25, 0.3) is 0 Å². The van der Waals surface area contributed by atoms with Gasteiger partial charge in [-0.1, -0.05) is 0 Å². The van der Waals surface area contributed by atoms with E-state index < -0.39 is 10.0 Å². The lowest BCUT2D eigenvalue weighted by Crippen LogP contribution is -2.42. The molecule has 0 amide bonds. The van der Waals surface area contributed by atoms with Gasteiger partial charge >= 0.3 is 0 Å². The van der Waals surface area contributed by atoms with Gasteiger partial charge in [0.1, 0.15) is 0 Å². The molecule has 1 unspecified atom stereocenters. The van der Waals surface area contributed by atoms with Crippen molar-refractivity contribution in [3.05, 3.63) is 12.5 Å². The first kappa shape index (κ1) is 15.4. The van der Waals surface area contributed by atoms with Gasteiger partial charge in [-0.2, -0.15) is 4.31 Å². The van der Waals surface area contributed by atoms with Crippen molar-refractivity contribution in [2.75, 3.05) is 19.6 Å². The molecule has 0 radical (unpaired) electrons. The van der Waals surface area contributed by atoms with Crippen LogP contribution in [0.2, 0.25) is 0 Å². The van der Waals surface area contributed by atoms with Crippen LogP contribution in [0, 0.1) is 5.92 Å². The number of nitrogens with zero attached hydrogens (tertiary/aromatic N) is 3. The maximum atomic E-state index is 12.3. The van der Waals surface area contributed by atoms with Crippen LogP contribution in [0.5, 0.6) is 0 Å². The van der Waals surface area contributed by atoms with Crippen molar-refractivity contribution in [1.29, 1.82) is 0 Å². The van der Waals surface area contributed by atoms with Crippen LogP contribution in [0.15, 0.2) is 17.6 Å². The van der Waals surface area contributed by atoms with Crippen molar-refractivity contribution >= 4 is 22.4 Å². The molecule has 2 rings (SSSR count). The number of hydrogen-bond donors (Lipinski definition) is 1. The van der Waals surface area contributed by atoms with Crippen LogP contribution in [-0.4, -0.2) is 41.9 Å². The lowest BCUT2D eigenvalue weighted by molar-refractivity contribution is 0.271. The molecule has 1 aromatic rings. The minimum atomic E-state index is -3.44. The highest BCUT2D eigenvalue weighted by Gasteiger charge is 2.31. The van der Waals surface area contributed by atoms with E-state index in [1.165, 1.54) is 16.8 Å². The zero-order valence-electron chi connectivity index (χ0n) is 10.3. The summed E-state index contributed by atoms with van der Waals surface area (Å²) in [5, 5.41) is 0.123. The van der Waals surface area contributed by atoms with Crippen molar-refractivity contribution < 1.29 is 8.42 Å². The first-order valence-corrected chi connectivity index (χ1v) is 7.16. The molecule has 18 heavy (non-hydrogen) atoms. The second kappa shape index (κ2) is 6.01. The Balaban J connectivity index is 0.00000162. The van der Waals surface area contributed by atoms with Crippen molar-refractivity contribution in [2.45, 2.75) is 17.9 Å². The van der Waals surface area contributed by atoms with Crippen LogP contribution >= 0.6 is 12.4 Å². The number of sulfonamides is 1. The van der Waals surface area contributed by atoms with Crippen LogP contribution in [0.4, 0.5) is 0 Å². The smallest absolute Gasteiger partial charge is 0.262 e. The number of rotatable bonds is 3. The lowest BCUT2D eigenvalue weighted by Gasteiger charge is -2.30. The van der Waals surface area contributed by atoms with Crippen molar-refractivity contribution in [1.82, 2.24) is 13.9 Å². The van der Waals surface area contributed by atoms with Gasteiger partial charge in [0.2, 0.25) is 0 Å².